The molecule has 1 aliphatic rings. The first-order valence-electron chi connectivity index (χ1n) is 6.49. The maximum absolute atomic E-state index is 11.7. The lowest BCUT2D eigenvalue weighted by Gasteiger charge is -2.20. The maximum Gasteiger partial charge on any atom is 0.325 e. The van der Waals surface area contributed by atoms with E-state index < -0.39 is 18.0 Å². The van der Waals surface area contributed by atoms with E-state index in [1.165, 1.54) is 24.5 Å². The molecule has 0 aromatic heterocycles. The van der Waals surface area contributed by atoms with Gasteiger partial charge in [-0.25, -0.2) is 4.79 Å². The van der Waals surface area contributed by atoms with E-state index in [4.69, 9.17) is 5.11 Å². The highest BCUT2D eigenvalue weighted by Crippen LogP contribution is 2.27. The first kappa shape index (κ1) is 13.4. The van der Waals surface area contributed by atoms with Crippen molar-refractivity contribution in [2.75, 3.05) is 5.32 Å². The van der Waals surface area contributed by atoms with Gasteiger partial charge in [0.05, 0.1) is 0 Å². The van der Waals surface area contributed by atoms with Gasteiger partial charge in [-0.15, -0.1) is 0 Å². The summed E-state index contributed by atoms with van der Waals surface area (Å²) in [5, 5.41) is 13.9. The Morgan fingerprint density at radius 2 is 2.00 bits per heavy atom. The third kappa shape index (κ3) is 3.24. The minimum absolute atomic E-state index is 0.478. The molecule has 0 aliphatic heterocycles. The van der Waals surface area contributed by atoms with Gasteiger partial charge in [-0.05, 0) is 49.8 Å². The van der Waals surface area contributed by atoms with Crippen LogP contribution in [-0.2, 0) is 17.6 Å². The van der Waals surface area contributed by atoms with Crippen molar-refractivity contribution in [3.05, 3.63) is 29.3 Å². The van der Waals surface area contributed by atoms with Crippen molar-refractivity contribution < 1.29 is 14.7 Å². The molecule has 19 heavy (non-hydrogen) atoms. The van der Waals surface area contributed by atoms with Crippen LogP contribution >= 0.6 is 0 Å². The van der Waals surface area contributed by atoms with Crippen LogP contribution in [0, 0.1) is 0 Å². The average Bonchev–Trinajstić information content (AvgIpc) is 2.39. The lowest BCUT2D eigenvalue weighted by atomic mass is 9.90. The number of anilines is 1. The van der Waals surface area contributed by atoms with Crippen LogP contribution in [0.4, 0.5) is 10.5 Å². The number of rotatable bonds is 3. The normalized spacial score (nSPS) is 15.2. The second kappa shape index (κ2) is 5.73. The molecule has 102 valence electrons. The van der Waals surface area contributed by atoms with Crippen molar-refractivity contribution in [2.24, 2.45) is 0 Å². The summed E-state index contributed by atoms with van der Waals surface area (Å²) in [5.41, 5.74) is 3.23. The zero-order valence-electron chi connectivity index (χ0n) is 10.9. The number of carboxylic acids is 1. The number of aryl methyl sites for hydroxylation is 1. The number of aliphatic carboxylic acids is 1. The van der Waals surface area contributed by atoms with Crippen molar-refractivity contribution in [3.63, 3.8) is 0 Å². The zero-order valence-corrected chi connectivity index (χ0v) is 10.9. The molecule has 0 bridgehead atoms. The lowest BCUT2D eigenvalue weighted by Crippen LogP contribution is -2.41. The van der Waals surface area contributed by atoms with Crippen LogP contribution in [0.3, 0.4) is 0 Å². The second-order valence-electron chi connectivity index (χ2n) is 4.81. The average molecular weight is 262 g/mol. The van der Waals surface area contributed by atoms with Crippen LogP contribution in [0.15, 0.2) is 18.2 Å². The van der Waals surface area contributed by atoms with E-state index in [0.29, 0.717) is 0 Å². The van der Waals surface area contributed by atoms with Crippen molar-refractivity contribution in [1.29, 1.82) is 0 Å². The van der Waals surface area contributed by atoms with Crippen molar-refractivity contribution in [3.8, 4) is 0 Å². The number of fused-ring (bicyclic) bond motifs is 1. The highest BCUT2D eigenvalue weighted by molar-refractivity contribution is 5.93. The van der Waals surface area contributed by atoms with Gasteiger partial charge >= 0.3 is 12.0 Å². The summed E-state index contributed by atoms with van der Waals surface area (Å²) in [6, 6.07) is 4.47. The number of hydrogen-bond donors (Lipinski definition) is 3. The Labute approximate surface area is 112 Å². The molecule has 0 radical (unpaired) electrons. The summed E-state index contributed by atoms with van der Waals surface area (Å²) in [4.78, 5) is 22.4. The molecule has 3 N–H and O–H groups in total. The number of carbonyl (C=O) groups is 2. The van der Waals surface area contributed by atoms with Crippen molar-refractivity contribution in [1.82, 2.24) is 5.32 Å². The van der Waals surface area contributed by atoms with E-state index in [-0.39, 0.29) is 0 Å². The standard InChI is InChI=1S/C14H18N2O3/c1-9(13(17)18)15-14(19)16-12-8-4-6-10-5-2-3-7-11(10)12/h4,6,8-9H,2-3,5,7H2,1H3,(H,17,18)(H2,15,16,19). The number of amides is 2. The minimum Gasteiger partial charge on any atom is -0.480 e. The van der Waals surface area contributed by atoms with Crippen molar-refractivity contribution >= 4 is 17.7 Å². The Bertz CT molecular complexity index is 499. The highest BCUT2D eigenvalue weighted by Gasteiger charge is 2.17. The molecular formula is C14H18N2O3. The number of benzene rings is 1. The predicted octanol–water partition coefficient (Wildman–Crippen LogP) is 2.16. The van der Waals surface area contributed by atoms with Gasteiger partial charge in [0.2, 0.25) is 0 Å². The fraction of sp³-hybridized carbons (Fsp3) is 0.429. The molecule has 5 nitrogen and oxygen atoms in total. The van der Waals surface area contributed by atoms with Crippen molar-refractivity contribution in [2.45, 2.75) is 38.6 Å². The topological polar surface area (TPSA) is 78.4 Å². The largest absolute Gasteiger partial charge is 0.480 e. The smallest absolute Gasteiger partial charge is 0.325 e. The summed E-state index contributed by atoms with van der Waals surface area (Å²) in [7, 11) is 0. The van der Waals surface area contributed by atoms with Crippen LogP contribution in [0.1, 0.15) is 30.9 Å². The van der Waals surface area contributed by atoms with Gasteiger partial charge in [-0.3, -0.25) is 4.79 Å². The Kier molecular flexibility index (Phi) is 4.04. The van der Waals surface area contributed by atoms with Gasteiger partial charge in [-0.2, -0.15) is 0 Å². The zero-order chi connectivity index (χ0) is 13.8. The van der Waals surface area contributed by atoms with Crippen LogP contribution in [0.2, 0.25) is 0 Å². The molecule has 1 aromatic carbocycles. The molecular weight excluding hydrogens is 244 g/mol. The molecule has 2 rings (SSSR count). The van der Waals surface area contributed by atoms with E-state index in [1.54, 1.807) is 0 Å². The quantitative estimate of drug-likeness (QED) is 0.781. The maximum atomic E-state index is 11.7. The molecule has 1 atom stereocenters. The number of carboxylic acid groups (broad SMARTS) is 1. The summed E-state index contributed by atoms with van der Waals surface area (Å²) in [5.74, 6) is -1.05. The SMILES string of the molecule is CC(NC(=O)Nc1cccc2c1CCCC2)C(=O)O. The van der Waals surface area contributed by atoms with E-state index in [9.17, 15) is 9.59 Å². The fourth-order valence-corrected chi connectivity index (χ4v) is 2.32. The monoisotopic (exact) mass is 262 g/mol. The van der Waals surface area contributed by atoms with E-state index >= 15 is 0 Å². The molecule has 0 saturated heterocycles. The van der Waals surface area contributed by atoms with E-state index in [2.05, 4.69) is 16.7 Å². The van der Waals surface area contributed by atoms with Crippen LogP contribution in [-0.4, -0.2) is 23.1 Å². The third-order valence-corrected chi connectivity index (χ3v) is 3.36. The lowest BCUT2D eigenvalue weighted by molar-refractivity contribution is -0.138. The molecule has 1 aromatic rings. The third-order valence-electron chi connectivity index (χ3n) is 3.36. The number of urea groups is 1. The minimum atomic E-state index is -1.05. The molecule has 0 heterocycles. The number of nitrogens with one attached hydrogen (secondary N) is 2. The summed E-state index contributed by atoms with van der Waals surface area (Å²) < 4.78 is 0. The molecule has 0 fully saturated rings. The van der Waals surface area contributed by atoms with E-state index in [0.717, 1.165) is 24.9 Å². The first-order valence-corrected chi connectivity index (χ1v) is 6.49. The highest BCUT2D eigenvalue weighted by atomic mass is 16.4. The Hall–Kier alpha value is -2.04. The fourth-order valence-electron chi connectivity index (χ4n) is 2.32. The Balaban J connectivity index is 2.07. The summed E-state index contributed by atoms with van der Waals surface area (Å²) in [6.07, 6.45) is 4.30. The Morgan fingerprint density at radius 3 is 2.74 bits per heavy atom. The first-order chi connectivity index (χ1) is 9.08. The molecule has 1 aliphatic carbocycles. The van der Waals surface area contributed by atoms with Gasteiger partial charge in [0, 0.05) is 5.69 Å². The molecule has 0 spiro atoms. The van der Waals surface area contributed by atoms with Gasteiger partial charge in [0.1, 0.15) is 6.04 Å². The molecule has 5 heteroatoms. The summed E-state index contributed by atoms with van der Waals surface area (Å²) >= 11 is 0. The van der Waals surface area contributed by atoms with Gasteiger partial charge in [0.15, 0.2) is 0 Å². The molecule has 0 saturated carbocycles. The van der Waals surface area contributed by atoms with Gasteiger partial charge in [0.25, 0.3) is 0 Å². The Morgan fingerprint density at radius 1 is 1.26 bits per heavy atom. The van der Waals surface area contributed by atoms with Gasteiger partial charge < -0.3 is 15.7 Å². The number of carbonyl (C=O) groups excluding carboxylic acids is 1. The van der Waals surface area contributed by atoms with E-state index in [1.807, 2.05) is 12.1 Å². The van der Waals surface area contributed by atoms with Crippen LogP contribution in [0.25, 0.3) is 0 Å². The molecule has 2 amide bonds. The summed E-state index contributed by atoms with van der Waals surface area (Å²) in [6.45, 7) is 1.43. The second-order valence-corrected chi connectivity index (χ2v) is 4.81. The molecule has 1 unspecified atom stereocenters. The van der Waals surface area contributed by atoms with Gasteiger partial charge in [-0.1, -0.05) is 12.1 Å². The van der Waals surface area contributed by atoms with Crippen LogP contribution in [0.5, 0.6) is 0 Å². The predicted molar refractivity (Wildman–Crippen MR) is 72.3 cm³/mol. The number of hydrogen-bond acceptors (Lipinski definition) is 2. The van der Waals surface area contributed by atoms with Crippen LogP contribution < -0.4 is 10.6 Å².